The van der Waals surface area contributed by atoms with Gasteiger partial charge < -0.3 is 5.32 Å². The van der Waals surface area contributed by atoms with E-state index < -0.39 is 10.0 Å². The van der Waals surface area contributed by atoms with E-state index in [1.54, 1.807) is 12.1 Å². The Hall–Kier alpha value is -2.38. The van der Waals surface area contributed by atoms with Crippen LogP contribution >= 0.6 is 0 Å². The van der Waals surface area contributed by atoms with Crippen molar-refractivity contribution in [3.8, 4) is 0 Å². The number of sulfonamides is 1. The van der Waals surface area contributed by atoms with Gasteiger partial charge in [0.1, 0.15) is 0 Å². The third-order valence-electron chi connectivity index (χ3n) is 6.18. The first-order valence-corrected chi connectivity index (χ1v) is 12.9. The van der Waals surface area contributed by atoms with Crippen molar-refractivity contribution in [1.82, 2.24) is 10.2 Å². The van der Waals surface area contributed by atoms with Gasteiger partial charge in [-0.25, -0.2) is 8.42 Å². The molecule has 2 aliphatic rings. The maximum Gasteiger partial charge on any atom is 0.251 e. The SMILES string of the molecule is C[C@H]1Cc2cc(C(=O)NCc3ccc(CN4CCCCC4)cc3)ccc2N1S(C)(=O)=O. The molecule has 0 spiro atoms. The molecule has 1 atom stereocenters. The fourth-order valence-corrected chi connectivity index (χ4v) is 5.94. The van der Waals surface area contributed by atoms with E-state index in [0.29, 0.717) is 24.2 Å². The van der Waals surface area contributed by atoms with Gasteiger partial charge >= 0.3 is 0 Å². The second-order valence-electron chi connectivity index (χ2n) is 8.79. The van der Waals surface area contributed by atoms with Gasteiger partial charge in [0.15, 0.2) is 0 Å². The summed E-state index contributed by atoms with van der Waals surface area (Å²) in [4.78, 5) is 15.2. The fraction of sp³-hybridized carbons (Fsp3) is 0.458. The van der Waals surface area contributed by atoms with Crippen LogP contribution in [0.2, 0.25) is 0 Å². The van der Waals surface area contributed by atoms with Crippen LogP contribution in [0.4, 0.5) is 5.69 Å². The van der Waals surface area contributed by atoms with Crippen molar-refractivity contribution >= 4 is 21.6 Å². The van der Waals surface area contributed by atoms with E-state index in [2.05, 4.69) is 34.5 Å². The zero-order chi connectivity index (χ0) is 22.0. The standard InChI is InChI=1S/C24H31N3O3S/c1-18-14-22-15-21(10-11-23(22)27(18)31(2,29)30)24(28)25-16-19-6-8-20(9-7-19)17-26-12-4-3-5-13-26/h6-11,15,18H,3-5,12-14,16-17H2,1-2H3,(H,25,28)/t18-/m0/s1. The Morgan fingerprint density at radius 3 is 2.39 bits per heavy atom. The molecule has 0 radical (unpaired) electrons. The monoisotopic (exact) mass is 441 g/mol. The van der Waals surface area contributed by atoms with Gasteiger partial charge in [0.25, 0.3) is 5.91 Å². The molecule has 166 valence electrons. The highest BCUT2D eigenvalue weighted by molar-refractivity contribution is 7.92. The van der Waals surface area contributed by atoms with Crippen LogP contribution in [0.15, 0.2) is 42.5 Å². The van der Waals surface area contributed by atoms with Crippen LogP contribution in [-0.4, -0.2) is 44.6 Å². The van der Waals surface area contributed by atoms with Crippen LogP contribution < -0.4 is 9.62 Å². The van der Waals surface area contributed by atoms with E-state index in [0.717, 1.165) is 17.7 Å². The maximum atomic E-state index is 12.7. The summed E-state index contributed by atoms with van der Waals surface area (Å²) >= 11 is 0. The lowest BCUT2D eigenvalue weighted by Crippen LogP contribution is -2.34. The molecular weight excluding hydrogens is 410 g/mol. The largest absolute Gasteiger partial charge is 0.348 e. The highest BCUT2D eigenvalue weighted by atomic mass is 32.2. The molecular formula is C24H31N3O3S. The summed E-state index contributed by atoms with van der Waals surface area (Å²) < 4.78 is 25.6. The molecule has 1 saturated heterocycles. The van der Waals surface area contributed by atoms with Crippen LogP contribution in [0.25, 0.3) is 0 Å². The number of hydrogen-bond acceptors (Lipinski definition) is 4. The number of piperidine rings is 1. The van der Waals surface area contributed by atoms with E-state index in [9.17, 15) is 13.2 Å². The molecule has 4 rings (SSSR count). The van der Waals surface area contributed by atoms with Crippen molar-refractivity contribution in [2.75, 3.05) is 23.7 Å². The summed E-state index contributed by atoms with van der Waals surface area (Å²) in [5.41, 5.74) is 4.50. The normalized spacial score (nSPS) is 19.3. The second kappa shape index (κ2) is 9.01. The third-order valence-corrected chi connectivity index (χ3v) is 7.45. The Labute approximate surface area is 185 Å². The van der Waals surface area contributed by atoms with Crippen LogP contribution in [0.1, 0.15) is 53.2 Å². The summed E-state index contributed by atoms with van der Waals surface area (Å²) in [5, 5.41) is 2.98. The molecule has 0 aromatic heterocycles. The number of rotatable bonds is 6. The molecule has 2 aliphatic heterocycles. The predicted octanol–water partition coefficient (Wildman–Crippen LogP) is 3.31. The number of benzene rings is 2. The molecule has 1 amide bonds. The number of carbonyl (C=O) groups is 1. The number of hydrogen-bond donors (Lipinski definition) is 1. The molecule has 2 aromatic rings. The van der Waals surface area contributed by atoms with Gasteiger partial charge in [-0.15, -0.1) is 0 Å². The molecule has 6 nitrogen and oxygen atoms in total. The van der Waals surface area contributed by atoms with Gasteiger partial charge in [-0.3, -0.25) is 14.0 Å². The molecule has 1 fully saturated rings. The number of carbonyl (C=O) groups excluding carboxylic acids is 1. The zero-order valence-corrected chi connectivity index (χ0v) is 19.1. The highest BCUT2D eigenvalue weighted by Gasteiger charge is 2.32. The van der Waals surface area contributed by atoms with Gasteiger partial charge in [0.2, 0.25) is 10.0 Å². The first kappa shape index (κ1) is 21.8. The highest BCUT2D eigenvalue weighted by Crippen LogP contribution is 2.34. The summed E-state index contributed by atoms with van der Waals surface area (Å²) in [6.45, 7) is 5.70. The second-order valence-corrected chi connectivity index (χ2v) is 10.7. The Kier molecular flexibility index (Phi) is 6.34. The van der Waals surface area contributed by atoms with Crippen molar-refractivity contribution in [1.29, 1.82) is 0 Å². The van der Waals surface area contributed by atoms with Gasteiger partial charge in [0.05, 0.1) is 11.9 Å². The van der Waals surface area contributed by atoms with E-state index >= 15 is 0 Å². The fourth-order valence-electron chi connectivity index (χ4n) is 4.67. The number of anilines is 1. The van der Waals surface area contributed by atoms with Gasteiger partial charge in [-0.05, 0) is 74.2 Å². The molecule has 0 bridgehead atoms. The average Bonchev–Trinajstić information content (AvgIpc) is 3.09. The summed E-state index contributed by atoms with van der Waals surface area (Å²) in [6.07, 6.45) is 5.75. The Morgan fingerprint density at radius 2 is 1.71 bits per heavy atom. The molecule has 1 N–H and O–H groups in total. The lowest BCUT2D eigenvalue weighted by atomic mass is 10.1. The quantitative estimate of drug-likeness (QED) is 0.747. The smallest absolute Gasteiger partial charge is 0.251 e. The summed E-state index contributed by atoms with van der Waals surface area (Å²) in [7, 11) is -3.33. The van der Waals surface area contributed by atoms with Crippen molar-refractivity contribution in [2.24, 2.45) is 0 Å². The lowest BCUT2D eigenvalue weighted by molar-refractivity contribution is 0.0951. The maximum absolute atomic E-state index is 12.7. The Bertz CT molecular complexity index is 1040. The van der Waals surface area contributed by atoms with Crippen molar-refractivity contribution in [3.63, 3.8) is 0 Å². The predicted molar refractivity (Wildman–Crippen MR) is 124 cm³/mol. The molecule has 2 aromatic carbocycles. The molecule has 31 heavy (non-hydrogen) atoms. The van der Waals surface area contributed by atoms with E-state index in [4.69, 9.17) is 0 Å². The average molecular weight is 442 g/mol. The van der Waals surface area contributed by atoms with E-state index in [-0.39, 0.29) is 11.9 Å². The van der Waals surface area contributed by atoms with E-state index in [1.807, 2.05) is 13.0 Å². The van der Waals surface area contributed by atoms with Crippen LogP contribution in [0.3, 0.4) is 0 Å². The van der Waals surface area contributed by atoms with Crippen molar-refractivity contribution in [2.45, 2.75) is 51.7 Å². The topological polar surface area (TPSA) is 69.7 Å². The first-order valence-electron chi connectivity index (χ1n) is 11.0. The number of fused-ring (bicyclic) bond motifs is 1. The van der Waals surface area contributed by atoms with Gasteiger partial charge in [0, 0.05) is 24.7 Å². The lowest BCUT2D eigenvalue weighted by Gasteiger charge is -2.26. The summed E-state index contributed by atoms with van der Waals surface area (Å²) in [5.74, 6) is -0.148. The minimum atomic E-state index is -3.33. The van der Waals surface area contributed by atoms with Crippen molar-refractivity contribution < 1.29 is 13.2 Å². The minimum absolute atomic E-state index is 0.133. The molecule has 0 aliphatic carbocycles. The van der Waals surface area contributed by atoms with Crippen LogP contribution in [0.5, 0.6) is 0 Å². The van der Waals surface area contributed by atoms with Crippen molar-refractivity contribution in [3.05, 3.63) is 64.7 Å². The zero-order valence-electron chi connectivity index (χ0n) is 18.3. The molecule has 0 unspecified atom stereocenters. The molecule has 2 heterocycles. The Balaban J connectivity index is 1.35. The Morgan fingerprint density at radius 1 is 1.03 bits per heavy atom. The van der Waals surface area contributed by atoms with Crippen LogP contribution in [0, 0.1) is 0 Å². The first-order chi connectivity index (χ1) is 14.8. The number of nitrogens with zero attached hydrogens (tertiary/aromatic N) is 2. The summed E-state index contributed by atoms with van der Waals surface area (Å²) in [6, 6.07) is 13.6. The molecule has 0 saturated carbocycles. The number of likely N-dealkylation sites (tertiary alicyclic amines) is 1. The van der Waals surface area contributed by atoms with Gasteiger partial charge in [-0.1, -0.05) is 30.7 Å². The van der Waals surface area contributed by atoms with Gasteiger partial charge in [-0.2, -0.15) is 0 Å². The minimum Gasteiger partial charge on any atom is -0.348 e. The number of amides is 1. The van der Waals surface area contributed by atoms with Crippen LogP contribution in [-0.2, 0) is 29.5 Å². The number of nitrogens with one attached hydrogen (secondary N) is 1. The third kappa shape index (κ3) is 5.10. The molecule has 7 heteroatoms. The van der Waals surface area contributed by atoms with E-state index in [1.165, 1.54) is 48.5 Å².